The van der Waals surface area contributed by atoms with Gasteiger partial charge in [-0.3, -0.25) is 4.79 Å². The minimum absolute atomic E-state index is 0.0362. The van der Waals surface area contributed by atoms with Crippen LogP contribution in [0.1, 0.15) is 15.9 Å². The van der Waals surface area contributed by atoms with Crippen molar-refractivity contribution in [3.63, 3.8) is 0 Å². The Morgan fingerprint density at radius 2 is 1.90 bits per heavy atom. The number of oxime groups is 1. The number of amides is 1. The first-order valence-electron chi connectivity index (χ1n) is 5.86. The monoisotopic (exact) mass is 351 g/mol. The molecule has 5 nitrogen and oxygen atoms in total. The second-order valence-electron chi connectivity index (χ2n) is 4.12. The molecule has 0 heterocycles. The van der Waals surface area contributed by atoms with E-state index in [1.165, 1.54) is 12.1 Å². The number of rotatable bonds is 3. The van der Waals surface area contributed by atoms with Gasteiger partial charge >= 0.3 is 0 Å². The van der Waals surface area contributed by atoms with E-state index >= 15 is 0 Å². The highest BCUT2D eigenvalue weighted by Crippen LogP contribution is 2.20. The van der Waals surface area contributed by atoms with E-state index in [2.05, 4.69) is 26.4 Å². The first-order chi connectivity index (χ1) is 10.0. The van der Waals surface area contributed by atoms with Crippen molar-refractivity contribution >= 4 is 33.4 Å². The molecule has 0 aliphatic carbocycles. The predicted octanol–water partition coefficient (Wildman–Crippen LogP) is 2.94. The van der Waals surface area contributed by atoms with Crippen LogP contribution in [0.15, 0.2) is 52.1 Å². The summed E-state index contributed by atoms with van der Waals surface area (Å²) in [4.78, 5) is 12.0. The smallest absolute Gasteiger partial charge is 0.258 e. The molecule has 0 aliphatic rings. The molecular formula is C14H11BrFN3O2. The second-order valence-corrected chi connectivity index (χ2v) is 4.97. The molecule has 2 rings (SSSR count). The fourth-order valence-corrected chi connectivity index (χ4v) is 2.03. The molecule has 0 aromatic heterocycles. The summed E-state index contributed by atoms with van der Waals surface area (Å²) in [5.41, 5.74) is 6.34. The van der Waals surface area contributed by atoms with Crippen LogP contribution >= 0.6 is 15.9 Å². The van der Waals surface area contributed by atoms with Crippen LogP contribution in [0.25, 0.3) is 0 Å². The lowest BCUT2D eigenvalue weighted by Gasteiger charge is -2.07. The summed E-state index contributed by atoms with van der Waals surface area (Å²) in [6, 6.07) is 10.8. The first kappa shape index (κ1) is 15.0. The average molecular weight is 352 g/mol. The molecule has 0 atom stereocenters. The van der Waals surface area contributed by atoms with E-state index in [1.54, 1.807) is 30.3 Å². The first-order valence-corrected chi connectivity index (χ1v) is 6.65. The molecule has 0 unspecified atom stereocenters. The van der Waals surface area contributed by atoms with Crippen LogP contribution in [0, 0.1) is 5.82 Å². The van der Waals surface area contributed by atoms with Crippen molar-refractivity contribution in [2.45, 2.75) is 0 Å². The van der Waals surface area contributed by atoms with Crippen LogP contribution in [0.3, 0.4) is 0 Å². The highest BCUT2D eigenvalue weighted by atomic mass is 79.9. The van der Waals surface area contributed by atoms with Crippen LogP contribution in [0.2, 0.25) is 0 Å². The Morgan fingerprint density at radius 1 is 1.24 bits per heavy atom. The number of nitrogens with two attached hydrogens (primary N) is 1. The largest absolute Gasteiger partial charge is 0.409 e. The number of hydrogen-bond acceptors (Lipinski definition) is 3. The number of anilines is 1. The summed E-state index contributed by atoms with van der Waals surface area (Å²) < 4.78 is 14.0. The summed E-state index contributed by atoms with van der Waals surface area (Å²) in [6.45, 7) is 0. The van der Waals surface area contributed by atoms with Crippen molar-refractivity contribution in [1.82, 2.24) is 0 Å². The van der Waals surface area contributed by atoms with Gasteiger partial charge in [0.1, 0.15) is 5.82 Å². The number of carbonyl (C=O) groups is 1. The van der Waals surface area contributed by atoms with Gasteiger partial charge in [0.15, 0.2) is 5.84 Å². The fraction of sp³-hybridized carbons (Fsp3) is 0. The Balaban J connectivity index is 2.18. The Labute approximate surface area is 128 Å². The lowest BCUT2D eigenvalue weighted by molar-refractivity contribution is 0.102. The second kappa shape index (κ2) is 6.36. The molecule has 21 heavy (non-hydrogen) atoms. The van der Waals surface area contributed by atoms with Crippen molar-refractivity contribution in [3.05, 3.63) is 63.9 Å². The Bertz CT molecular complexity index is 702. The molecule has 0 spiro atoms. The third-order valence-corrected chi connectivity index (χ3v) is 3.35. The highest BCUT2D eigenvalue weighted by Gasteiger charge is 2.14. The van der Waals surface area contributed by atoms with Gasteiger partial charge in [0.2, 0.25) is 0 Å². The van der Waals surface area contributed by atoms with Gasteiger partial charge in [-0.2, -0.15) is 0 Å². The van der Waals surface area contributed by atoms with Crippen molar-refractivity contribution in [3.8, 4) is 0 Å². The molecule has 108 valence electrons. The predicted molar refractivity (Wildman–Crippen MR) is 81.0 cm³/mol. The van der Waals surface area contributed by atoms with E-state index in [0.717, 1.165) is 0 Å². The molecule has 1 amide bonds. The van der Waals surface area contributed by atoms with Gasteiger partial charge in [0.05, 0.1) is 10.0 Å². The van der Waals surface area contributed by atoms with Gasteiger partial charge in [0.25, 0.3) is 5.91 Å². The third kappa shape index (κ3) is 3.38. The van der Waals surface area contributed by atoms with E-state index < -0.39 is 11.7 Å². The van der Waals surface area contributed by atoms with E-state index in [4.69, 9.17) is 10.9 Å². The average Bonchev–Trinajstić information content (AvgIpc) is 2.50. The zero-order valence-corrected chi connectivity index (χ0v) is 12.3. The van der Waals surface area contributed by atoms with E-state index in [-0.39, 0.29) is 15.9 Å². The fourth-order valence-electron chi connectivity index (χ4n) is 1.66. The van der Waals surface area contributed by atoms with Crippen LogP contribution in [-0.4, -0.2) is 17.0 Å². The zero-order valence-electron chi connectivity index (χ0n) is 10.7. The molecule has 0 radical (unpaired) electrons. The van der Waals surface area contributed by atoms with Crippen LogP contribution in [0.5, 0.6) is 0 Å². The summed E-state index contributed by atoms with van der Waals surface area (Å²) >= 11 is 3.03. The van der Waals surface area contributed by atoms with Gasteiger partial charge in [-0.1, -0.05) is 11.2 Å². The van der Waals surface area contributed by atoms with Crippen molar-refractivity contribution < 1.29 is 14.4 Å². The zero-order chi connectivity index (χ0) is 15.4. The van der Waals surface area contributed by atoms with Gasteiger partial charge in [-0.25, -0.2) is 4.39 Å². The third-order valence-electron chi connectivity index (χ3n) is 2.74. The maximum Gasteiger partial charge on any atom is 0.258 e. The minimum Gasteiger partial charge on any atom is -0.409 e. The number of halogens is 2. The topological polar surface area (TPSA) is 87.7 Å². The van der Waals surface area contributed by atoms with E-state index in [0.29, 0.717) is 11.3 Å². The molecule has 7 heteroatoms. The Hall–Kier alpha value is -2.41. The van der Waals surface area contributed by atoms with E-state index in [9.17, 15) is 9.18 Å². The quantitative estimate of drug-likeness (QED) is 0.344. The van der Waals surface area contributed by atoms with Crippen LogP contribution < -0.4 is 11.1 Å². The number of carbonyl (C=O) groups excluding carboxylic acids is 1. The number of amidine groups is 1. The standard InChI is InChI=1S/C14H11BrFN3O2/c15-11-3-1-2-10(12(11)16)14(20)18-9-6-4-8(5-7-9)13(17)19-21/h1-7,21H,(H2,17,19)(H,18,20). The lowest BCUT2D eigenvalue weighted by atomic mass is 10.1. The number of nitrogens with one attached hydrogen (secondary N) is 1. The minimum atomic E-state index is -0.622. The number of hydrogen-bond donors (Lipinski definition) is 3. The summed E-state index contributed by atoms with van der Waals surface area (Å²) in [5.74, 6) is -1.22. The maximum atomic E-state index is 13.8. The molecule has 0 saturated carbocycles. The molecule has 0 aliphatic heterocycles. The van der Waals surface area contributed by atoms with Crippen LogP contribution in [-0.2, 0) is 0 Å². The number of benzene rings is 2. The van der Waals surface area contributed by atoms with Crippen LogP contribution in [0.4, 0.5) is 10.1 Å². The van der Waals surface area contributed by atoms with Gasteiger partial charge in [-0.05, 0) is 52.3 Å². The molecule has 0 saturated heterocycles. The number of nitrogens with zero attached hydrogens (tertiary/aromatic N) is 1. The van der Waals surface area contributed by atoms with Gasteiger partial charge in [-0.15, -0.1) is 0 Å². The molecule has 4 N–H and O–H groups in total. The van der Waals surface area contributed by atoms with Gasteiger partial charge in [0, 0.05) is 11.3 Å². The van der Waals surface area contributed by atoms with Crippen molar-refractivity contribution in [1.29, 1.82) is 0 Å². The lowest BCUT2D eigenvalue weighted by Crippen LogP contribution is -2.15. The SMILES string of the molecule is N/C(=N/O)c1ccc(NC(=O)c2cccc(Br)c2F)cc1. The van der Waals surface area contributed by atoms with E-state index in [1.807, 2.05) is 0 Å². The Kier molecular flexibility index (Phi) is 4.54. The molecular weight excluding hydrogens is 341 g/mol. The summed E-state index contributed by atoms with van der Waals surface area (Å²) in [5, 5.41) is 14.0. The Morgan fingerprint density at radius 3 is 2.52 bits per heavy atom. The van der Waals surface area contributed by atoms with Crippen molar-refractivity contribution in [2.24, 2.45) is 10.9 Å². The summed E-state index contributed by atoms with van der Waals surface area (Å²) in [6.07, 6.45) is 0. The summed E-state index contributed by atoms with van der Waals surface area (Å²) in [7, 11) is 0. The normalized spacial score (nSPS) is 11.2. The maximum absolute atomic E-state index is 13.8. The molecule has 0 fully saturated rings. The molecule has 0 bridgehead atoms. The van der Waals surface area contributed by atoms with Crippen molar-refractivity contribution in [2.75, 3.05) is 5.32 Å². The molecule has 2 aromatic rings. The highest BCUT2D eigenvalue weighted by molar-refractivity contribution is 9.10. The van der Waals surface area contributed by atoms with Gasteiger partial charge < -0.3 is 16.3 Å². The molecule has 2 aromatic carbocycles.